The third-order valence-electron chi connectivity index (χ3n) is 3.97. The molecule has 0 saturated carbocycles. The van der Waals surface area contributed by atoms with Crippen molar-refractivity contribution in [3.63, 3.8) is 0 Å². The molecule has 1 aromatic carbocycles. The molecule has 0 bridgehead atoms. The molecule has 0 unspecified atom stereocenters. The summed E-state index contributed by atoms with van der Waals surface area (Å²) in [5, 5.41) is 3.81. The van der Waals surface area contributed by atoms with E-state index in [0.29, 0.717) is 42.8 Å². The zero-order valence-electron chi connectivity index (χ0n) is 12.4. The molecular weight excluding hydrogens is 290 g/mol. The van der Waals surface area contributed by atoms with Crippen LogP contribution in [0.1, 0.15) is 40.7 Å². The fourth-order valence-corrected chi connectivity index (χ4v) is 2.91. The summed E-state index contributed by atoms with van der Waals surface area (Å²) >= 11 is 0. The van der Waals surface area contributed by atoms with Crippen LogP contribution in [0.5, 0.6) is 0 Å². The number of hydrogen-bond donors (Lipinski definition) is 0. The highest BCUT2D eigenvalue weighted by atomic mass is 19.1. The molecule has 3 rings (SSSR count). The number of carbonyl (C=O) groups is 1. The molecule has 2 aromatic rings. The van der Waals surface area contributed by atoms with Gasteiger partial charge in [-0.05, 0) is 31.9 Å². The molecule has 1 aromatic heterocycles. The Morgan fingerprint density at radius 2 is 2.09 bits per heavy atom. The van der Waals surface area contributed by atoms with Crippen LogP contribution in [0.2, 0.25) is 0 Å². The molecule has 22 heavy (non-hydrogen) atoms. The van der Waals surface area contributed by atoms with Crippen LogP contribution in [0.15, 0.2) is 16.7 Å². The van der Waals surface area contributed by atoms with Crippen molar-refractivity contribution in [1.82, 2.24) is 5.16 Å². The summed E-state index contributed by atoms with van der Waals surface area (Å²) in [5.41, 5.74) is 1.11. The number of carbonyl (C=O) groups excluding carboxylic acids is 1. The quantitative estimate of drug-likeness (QED) is 0.854. The zero-order valence-corrected chi connectivity index (χ0v) is 12.4. The summed E-state index contributed by atoms with van der Waals surface area (Å²) in [4.78, 5) is 14.1. The Labute approximate surface area is 126 Å². The lowest BCUT2D eigenvalue weighted by Gasteiger charge is -2.30. The van der Waals surface area contributed by atoms with Crippen LogP contribution in [0.4, 0.5) is 14.5 Å². The van der Waals surface area contributed by atoms with Gasteiger partial charge in [0.2, 0.25) is 0 Å². The van der Waals surface area contributed by atoms with Gasteiger partial charge >= 0.3 is 0 Å². The zero-order chi connectivity index (χ0) is 15.9. The molecule has 1 aliphatic heterocycles. The molecule has 116 valence electrons. The predicted molar refractivity (Wildman–Crippen MR) is 77.0 cm³/mol. The second-order valence-corrected chi connectivity index (χ2v) is 5.34. The van der Waals surface area contributed by atoms with E-state index in [-0.39, 0.29) is 17.2 Å². The highest BCUT2D eigenvalue weighted by Gasteiger charge is 2.31. The van der Waals surface area contributed by atoms with Crippen LogP contribution in [-0.2, 0) is 12.8 Å². The van der Waals surface area contributed by atoms with Gasteiger partial charge in [-0.3, -0.25) is 4.79 Å². The minimum absolute atomic E-state index is 0.0407. The normalized spacial score (nSPS) is 14.1. The number of halogens is 2. The van der Waals surface area contributed by atoms with E-state index in [1.165, 1.54) is 4.90 Å². The summed E-state index contributed by atoms with van der Waals surface area (Å²) in [7, 11) is 0. The molecule has 1 amide bonds. The van der Waals surface area contributed by atoms with Crippen LogP contribution in [0.25, 0.3) is 0 Å². The van der Waals surface area contributed by atoms with Crippen molar-refractivity contribution in [2.24, 2.45) is 0 Å². The maximum atomic E-state index is 14.2. The first-order valence-electron chi connectivity index (χ1n) is 7.28. The largest absolute Gasteiger partial charge is 0.360 e. The van der Waals surface area contributed by atoms with Gasteiger partial charge in [0.25, 0.3) is 5.91 Å². The number of aryl methyl sites for hydroxylation is 2. The number of aromatic nitrogens is 1. The van der Waals surface area contributed by atoms with Gasteiger partial charge in [0.15, 0.2) is 0 Å². The molecule has 4 nitrogen and oxygen atoms in total. The van der Waals surface area contributed by atoms with E-state index in [1.807, 2.05) is 6.92 Å². The lowest BCUT2D eigenvalue weighted by atomic mass is 9.99. The van der Waals surface area contributed by atoms with E-state index in [1.54, 1.807) is 6.92 Å². The third kappa shape index (κ3) is 2.19. The fourth-order valence-electron chi connectivity index (χ4n) is 2.91. The number of amides is 1. The van der Waals surface area contributed by atoms with E-state index in [0.717, 1.165) is 12.1 Å². The lowest BCUT2D eigenvalue weighted by Crippen LogP contribution is -2.37. The van der Waals surface area contributed by atoms with E-state index < -0.39 is 11.6 Å². The smallest absolute Gasteiger partial charge is 0.263 e. The van der Waals surface area contributed by atoms with Crippen LogP contribution >= 0.6 is 0 Å². The number of hydrogen-bond acceptors (Lipinski definition) is 3. The highest BCUT2D eigenvalue weighted by molar-refractivity contribution is 6.08. The molecule has 0 radical (unpaired) electrons. The summed E-state index contributed by atoms with van der Waals surface area (Å²) in [6, 6.07) is 2.16. The lowest BCUT2D eigenvalue weighted by molar-refractivity contribution is 0.0981. The topological polar surface area (TPSA) is 46.3 Å². The van der Waals surface area contributed by atoms with Gasteiger partial charge in [0, 0.05) is 18.5 Å². The average molecular weight is 306 g/mol. The Kier molecular flexibility index (Phi) is 3.68. The summed E-state index contributed by atoms with van der Waals surface area (Å²) < 4.78 is 33.2. The van der Waals surface area contributed by atoms with Crippen molar-refractivity contribution >= 4 is 11.6 Å². The maximum absolute atomic E-state index is 14.2. The summed E-state index contributed by atoms with van der Waals surface area (Å²) in [6.07, 6.45) is 1.52. The van der Waals surface area contributed by atoms with Gasteiger partial charge in [-0.1, -0.05) is 12.1 Å². The molecule has 0 atom stereocenters. The molecule has 0 fully saturated rings. The van der Waals surface area contributed by atoms with Gasteiger partial charge in [-0.25, -0.2) is 8.78 Å². The first-order valence-corrected chi connectivity index (χ1v) is 7.28. The molecule has 0 N–H and O–H groups in total. The Bertz CT molecular complexity index is 740. The van der Waals surface area contributed by atoms with Crippen molar-refractivity contribution in [3.05, 3.63) is 46.3 Å². The van der Waals surface area contributed by atoms with Gasteiger partial charge in [0.1, 0.15) is 23.0 Å². The third-order valence-corrected chi connectivity index (χ3v) is 3.97. The molecule has 0 spiro atoms. The Morgan fingerprint density at radius 1 is 1.36 bits per heavy atom. The van der Waals surface area contributed by atoms with Crippen molar-refractivity contribution in [2.75, 3.05) is 11.4 Å². The number of benzene rings is 1. The minimum Gasteiger partial charge on any atom is -0.360 e. The van der Waals surface area contributed by atoms with Crippen LogP contribution in [0.3, 0.4) is 0 Å². The number of nitrogens with zero attached hydrogens (tertiary/aromatic N) is 2. The van der Waals surface area contributed by atoms with Crippen LogP contribution < -0.4 is 4.90 Å². The maximum Gasteiger partial charge on any atom is 0.263 e. The van der Waals surface area contributed by atoms with Crippen molar-refractivity contribution in [3.8, 4) is 0 Å². The monoisotopic (exact) mass is 306 g/mol. The van der Waals surface area contributed by atoms with Crippen LogP contribution in [0, 0.1) is 18.6 Å². The molecular formula is C16H16F2N2O2. The van der Waals surface area contributed by atoms with Crippen LogP contribution in [-0.4, -0.2) is 17.6 Å². The van der Waals surface area contributed by atoms with E-state index >= 15 is 0 Å². The van der Waals surface area contributed by atoms with E-state index in [4.69, 9.17) is 4.52 Å². The molecule has 0 saturated heterocycles. The molecule has 6 heteroatoms. The predicted octanol–water partition coefficient (Wildman–Crippen LogP) is 3.42. The van der Waals surface area contributed by atoms with E-state index in [2.05, 4.69) is 5.16 Å². The summed E-state index contributed by atoms with van der Waals surface area (Å²) in [6.45, 7) is 3.86. The minimum atomic E-state index is -0.586. The number of rotatable bonds is 2. The average Bonchev–Trinajstić information content (AvgIpc) is 2.90. The summed E-state index contributed by atoms with van der Waals surface area (Å²) in [5.74, 6) is -0.990. The Morgan fingerprint density at radius 3 is 2.82 bits per heavy atom. The standard InChI is InChI=1S/C16H16F2N2O2/c1-3-13-14(9(2)19-22-13)16(21)20-8-4-5-10-11(17)6-7-12(18)15(10)20/h6-7H,3-5,8H2,1-2H3. The number of anilines is 1. The highest BCUT2D eigenvalue weighted by Crippen LogP contribution is 2.33. The van der Waals surface area contributed by atoms with Gasteiger partial charge in [-0.15, -0.1) is 0 Å². The molecule has 1 aliphatic rings. The van der Waals surface area contributed by atoms with E-state index in [9.17, 15) is 13.6 Å². The van der Waals surface area contributed by atoms with Gasteiger partial charge in [-0.2, -0.15) is 0 Å². The van der Waals surface area contributed by atoms with Crippen molar-refractivity contribution < 1.29 is 18.1 Å². The van der Waals surface area contributed by atoms with Crippen molar-refractivity contribution in [1.29, 1.82) is 0 Å². The number of fused-ring (bicyclic) bond motifs is 1. The first kappa shape index (κ1) is 14.7. The van der Waals surface area contributed by atoms with Gasteiger partial charge in [0.05, 0.1) is 11.4 Å². The Balaban J connectivity index is 2.10. The fraction of sp³-hybridized carbons (Fsp3) is 0.375. The second kappa shape index (κ2) is 5.51. The SMILES string of the molecule is CCc1onc(C)c1C(=O)N1CCCc2c(F)ccc(F)c21. The van der Waals surface area contributed by atoms with Gasteiger partial charge < -0.3 is 9.42 Å². The van der Waals surface area contributed by atoms with Crippen molar-refractivity contribution in [2.45, 2.75) is 33.1 Å². The molecule has 2 heterocycles. The molecule has 0 aliphatic carbocycles. The Hall–Kier alpha value is -2.24. The second-order valence-electron chi connectivity index (χ2n) is 5.34. The first-order chi connectivity index (χ1) is 10.5.